The predicted molar refractivity (Wildman–Crippen MR) is 89.8 cm³/mol. The van der Waals surface area contributed by atoms with E-state index in [4.69, 9.17) is 5.26 Å². The Morgan fingerprint density at radius 3 is 2.68 bits per heavy atom. The molecule has 0 radical (unpaired) electrons. The van der Waals surface area contributed by atoms with Crippen molar-refractivity contribution in [3.05, 3.63) is 83.6 Å². The third kappa shape index (κ3) is 4.03. The number of aromatic nitrogens is 2. The van der Waals surface area contributed by atoms with Crippen LogP contribution in [0.5, 0.6) is 0 Å². The number of amides is 1. The molecule has 0 saturated carbocycles. The zero-order chi connectivity index (χ0) is 17.6. The van der Waals surface area contributed by atoms with Crippen molar-refractivity contribution in [3.8, 4) is 17.3 Å². The highest BCUT2D eigenvalue weighted by atomic mass is 19.1. The van der Waals surface area contributed by atoms with Gasteiger partial charge in [0, 0.05) is 11.1 Å². The van der Waals surface area contributed by atoms with Gasteiger partial charge in [-0.3, -0.25) is 4.79 Å². The van der Waals surface area contributed by atoms with Gasteiger partial charge in [-0.15, -0.1) is 0 Å². The van der Waals surface area contributed by atoms with Gasteiger partial charge in [-0.05, 0) is 48.5 Å². The maximum atomic E-state index is 13.0. The van der Waals surface area contributed by atoms with Gasteiger partial charge in [-0.25, -0.2) is 14.4 Å². The third-order valence-electron chi connectivity index (χ3n) is 3.55. The van der Waals surface area contributed by atoms with Crippen molar-refractivity contribution in [3.63, 3.8) is 0 Å². The first-order valence-electron chi connectivity index (χ1n) is 7.51. The molecule has 0 aliphatic carbocycles. The molecule has 0 spiro atoms. The third-order valence-corrected chi connectivity index (χ3v) is 3.55. The minimum atomic E-state index is -0.315. The normalized spacial score (nSPS) is 10.1. The monoisotopic (exact) mass is 332 g/mol. The van der Waals surface area contributed by atoms with Gasteiger partial charge in [-0.1, -0.05) is 6.07 Å². The lowest BCUT2D eigenvalue weighted by Gasteiger charge is -2.07. The average molecular weight is 332 g/mol. The van der Waals surface area contributed by atoms with Gasteiger partial charge in [0.25, 0.3) is 5.91 Å². The summed E-state index contributed by atoms with van der Waals surface area (Å²) < 4.78 is 13.0. The molecular formula is C19H13FN4O. The fourth-order valence-corrected chi connectivity index (χ4v) is 2.28. The number of nitrogens with zero attached hydrogens (tertiary/aromatic N) is 3. The highest BCUT2D eigenvalue weighted by Gasteiger charge is 2.08. The molecule has 0 aliphatic heterocycles. The van der Waals surface area contributed by atoms with Gasteiger partial charge >= 0.3 is 0 Å². The highest BCUT2D eigenvalue weighted by Crippen LogP contribution is 2.17. The quantitative estimate of drug-likeness (QED) is 0.796. The molecule has 0 atom stereocenters. The fourth-order valence-electron chi connectivity index (χ4n) is 2.28. The summed E-state index contributed by atoms with van der Waals surface area (Å²) in [7, 11) is 0. The Morgan fingerprint density at radius 1 is 1.12 bits per heavy atom. The number of hydrogen-bond acceptors (Lipinski definition) is 4. The first kappa shape index (κ1) is 16.3. The van der Waals surface area contributed by atoms with Crippen molar-refractivity contribution < 1.29 is 9.18 Å². The Kier molecular flexibility index (Phi) is 4.77. The van der Waals surface area contributed by atoms with E-state index in [0.717, 1.165) is 5.56 Å². The Bertz CT molecular complexity index is 948. The molecule has 0 aliphatic rings. The molecule has 2 aromatic carbocycles. The van der Waals surface area contributed by atoms with E-state index in [1.807, 2.05) is 6.07 Å². The summed E-state index contributed by atoms with van der Waals surface area (Å²) in [6, 6.07) is 16.2. The lowest BCUT2D eigenvalue weighted by molar-refractivity contribution is 0.0950. The van der Waals surface area contributed by atoms with Crippen LogP contribution in [-0.2, 0) is 6.54 Å². The summed E-state index contributed by atoms with van der Waals surface area (Å²) in [5.74, 6) is -0.607. The summed E-state index contributed by atoms with van der Waals surface area (Å²) in [5, 5.41) is 11.6. The Balaban J connectivity index is 1.71. The number of hydrogen-bond donors (Lipinski definition) is 1. The molecule has 6 heteroatoms. The number of benzene rings is 2. The van der Waals surface area contributed by atoms with Crippen LogP contribution in [0, 0.1) is 17.1 Å². The van der Waals surface area contributed by atoms with Gasteiger partial charge in [-0.2, -0.15) is 5.26 Å². The molecule has 3 aromatic rings. The smallest absolute Gasteiger partial charge is 0.251 e. The topological polar surface area (TPSA) is 78.7 Å². The molecule has 1 aromatic heterocycles. The lowest BCUT2D eigenvalue weighted by Crippen LogP contribution is -2.23. The molecule has 25 heavy (non-hydrogen) atoms. The largest absolute Gasteiger partial charge is 0.346 e. The molecule has 0 bridgehead atoms. The van der Waals surface area contributed by atoms with Gasteiger partial charge in [0.2, 0.25) is 0 Å². The van der Waals surface area contributed by atoms with Crippen molar-refractivity contribution in [1.29, 1.82) is 5.26 Å². The van der Waals surface area contributed by atoms with Crippen LogP contribution in [-0.4, -0.2) is 15.9 Å². The molecular weight excluding hydrogens is 319 g/mol. The molecule has 0 saturated heterocycles. The van der Waals surface area contributed by atoms with E-state index in [-0.39, 0.29) is 18.3 Å². The average Bonchev–Trinajstić information content (AvgIpc) is 2.67. The SMILES string of the molecule is N#Cc1cccc(C(=O)NCc2cc(-c3ccc(F)cc3)ncn2)c1. The van der Waals surface area contributed by atoms with E-state index in [1.165, 1.54) is 24.5 Å². The van der Waals surface area contributed by atoms with E-state index in [9.17, 15) is 9.18 Å². The number of nitrogens with one attached hydrogen (secondary N) is 1. The van der Waals surface area contributed by atoms with Crippen molar-refractivity contribution in [2.45, 2.75) is 6.54 Å². The molecule has 0 fully saturated rings. The second kappa shape index (κ2) is 7.32. The van der Waals surface area contributed by atoms with E-state index >= 15 is 0 Å². The van der Waals surface area contributed by atoms with Gasteiger partial charge in [0.05, 0.1) is 29.6 Å². The van der Waals surface area contributed by atoms with Crippen LogP contribution in [0.4, 0.5) is 4.39 Å². The number of carbonyl (C=O) groups excluding carboxylic acids is 1. The maximum absolute atomic E-state index is 13.0. The van der Waals surface area contributed by atoms with Crippen LogP contribution in [0.2, 0.25) is 0 Å². The molecule has 3 rings (SSSR count). The molecule has 5 nitrogen and oxygen atoms in total. The van der Waals surface area contributed by atoms with Crippen LogP contribution >= 0.6 is 0 Å². The summed E-state index contributed by atoms with van der Waals surface area (Å²) in [5.41, 5.74) is 2.86. The number of carbonyl (C=O) groups is 1. The molecule has 1 heterocycles. The van der Waals surface area contributed by atoms with E-state index in [1.54, 1.807) is 36.4 Å². The fraction of sp³-hybridized carbons (Fsp3) is 0.0526. The summed E-state index contributed by atoms with van der Waals surface area (Å²) in [4.78, 5) is 20.5. The second-order valence-electron chi connectivity index (χ2n) is 5.28. The highest BCUT2D eigenvalue weighted by molar-refractivity contribution is 5.94. The van der Waals surface area contributed by atoms with Gasteiger partial charge < -0.3 is 5.32 Å². The zero-order valence-electron chi connectivity index (χ0n) is 13.1. The molecule has 122 valence electrons. The van der Waals surface area contributed by atoms with Crippen molar-refractivity contribution in [2.75, 3.05) is 0 Å². The van der Waals surface area contributed by atoms with E-state index in [0.29, 0.717) is 22.5 Å². The molecule has 0 unspecified atom stereocenters. The molecule has 1 N–H and O–H groups in total. The summed E-state index contributed by atoms with van der Waals surface area (Å²) >= 11 is 0. The zero-order valence-corrected chi connectivity index (χ0v) is 13.1. The maximum Gasteiger partial charge on any atom is 0.251 e. The Hall–Kier alpha value is -3.59. The first-order valence-corrected chi connectivity index (χ1v) is 7.51. The Labute approximate surface area is 143 Å². The molecule has 1 amide bonds. The number of rotatable bonds is 4. The van der Waals surface area contributed by atoms with Crippen molar-refractivity contribution >= 4 is 5.91 Å². The van der Waals surface area contributed by atoms with Crippen LogP contribution in [0.1, 0.15) is 21.6 Å². The van der Waals surface area contributed by atoms with Crippen molar-refractivity contribution in [2.24, 2.45) is 0 Å². The van der Waals surface area contributed by atoms with E-state index < -0.39 is 0 Å². The van der Waals surface area contributed by atoms with Crippen LogP contribution in [0.3, 0.4) is 0 Å². The first-order chi connectivity index (χ1) is 12.2. The van der Waals surface area contributed by atoms with Gasteiger partial charge in [0.1, 0.15) is 12.1 Å². The number of halogens is 1. The minimum absolute atomic E-state index is 0.215. The van der Waals surface area contributed by atoms with E-state index in [2.05, 4.69) is 15.3 Å². The predicted octanol–water partition coefficient (Wildman–Crippen LogP) is 3.08. The minimum Gasteiger partial charge on any atom is -0.346 e. The standard InChI is InChI=1S/C19H13FN4O/c20-16-6-4-14(5-7-16)18-9-17(23-12-24-18)11-22-19(25)15-3-1-2-13(8-15)10-21/h1-9,12H,11H2,(H,22,25). The van der Waals surface area contributed by atoms with Crippen LogP contribution < -0.4 is 5.32 Å². The van der Waals surface area contributed by atoms with Gasteiger partial charge in [0.15, 0.2) is 0 Å². The second-order valence-corrected chi connectivity index (χ2v) is 5.28. The summed E-state index contributed by atoms with van der Waals surface area (Å²) in [6.07, 6.45) is 1.40. The van der Waals surface area contributed by atoms with Crippen LogP contribution in [0.15, 0.2) is 60.9 Å². The van der Waals surface area contributed by atoms with Crippen LogP contribution in [0.25, 0.3) is 11.3 Å². The summed E-state index contributed by atoms with van der Waals surface area (Å²) in [6.45, 7) is 0.215. The number of nitriles is 1. The van der Waals surface area contributed by atoms with Crippen molar-refractivity contribution in [1.82, 2.24) is 15.3 Å². The Morgan fingerprint density at radius 2 is 1.92 bits per heavy atom. The lowest BCUT2D eigenvalue weighted by atomic mass is 10.1.